The van der Waals surface area contributed by atoms with Gasteiger partial charge in [-0.1, -0.05) is 41.6 Å². The zero-order valence-corrected chi connectivity index (χ0v) is 21.1. The average Bonchev–Trinajstić information content (AvgIpc) is 3.28. The van der Waals surface area contributed by atoms with Crippen LogP contribution < -0.4 is 20.1 Å². The molecule has 2 N–H and O–H groups in total. The lowest BCUT2D eigenvalue weighted by atomic mass is 10.1. The number of nitrogens with one attached hydrogen (secondary N) is 2. The van der Waals surface area contributed by atoms with Gasteiger partial charge in [0, 0.05) is 25.2 Å². The predicted octanol–water partition coefficient (Wildman–Crippen LogP) is 4.66. The second kappa shape index (κ2) is 13.6. The standard InChI is InChI=1S/C24H30N4O3.HI/c1-4-29-21-12-11-18(15-23(21)30-5-2)13-14-26-24(25-3)27-17-20-16-22(31-28-20)19-9-7-6-8-10-19;/h6-12,15-16H,4-5,13-14,17H2,1-3H3,(H2,25,26,27);1H. The fourth-order valence-corrected chi connectivity index (χ4v) is 3.10. The Bertz CT molecular complexity index is 976. The van der Waals surface area contributed by atoms with Gasteiger partial charge in [-0.05, 0) is 38.0 Å². The molecule has 172 valence electrons. The van der Waals surface area contributed by atoms with Crippen molar-refractivity contribution in [2.45, 2.75) is 26.8 Å². The van der Waals surface area contributed by atoms with E-state index < -0.39 is 0 Å². The molecule has 8 heteroatoms. The van der Waals surface area contributed by atoms with Gasteiger partial charge < -0.3 is 24.6 Å². The number of rotatable bonds is 10. The molecule has 0 saturated carbocycles. The van der Waals surface area contributed by atoms with Crippen LogP contribution >= 0.6 is 24.0 Å². The van der Waals surface area contributed by atoms with Crippen LogP contribution in [0.25, 0.3) is 11.3 Å². The molecule has 0 saturated heterocycles. The summed E-state index contributed by atoms with van der Waals surface area (Å²) in [5.74, 6) is 3.02. The highest BCUT2D eigenvalue weighted by atomic mass is 127. The summed E-state index contributed by atoms with van der Waals surface area (Å²) in [5.41, 5.74) is 2.99. The van der Waals surface area contributed by atoms with Gasteiger partial charge in [0.25, 0.3) is 0 Å². The molecule has 0 fully saturated rings. The molecule has 0 amide bonds. The Morgan fingerprint density at radius 2 is 1.72 bits per heavy atom. The summed E-state index contributed by atoms with van der Waals surface area (Å²) in [4.78, 5) is 4.28. The maximum atomic E-state index is 5.70. The number of aromatic nitrogens is 1. The van der Waals surface area contributed by atoms with E-state index in [1.54, 1.807) is 7.05 Å². The van der Waals surface area contributed by atoms with Gasteiger partial charge >= 0.3 is 0 Å². The summed E-state index contributed by atoms with van der Waals surface area (Å²) in [7, 11) is 1.75. The molecule has 1 heterocycles. The number of hydrogen-bond acceptors (Lipinski definition) is 5. The van der Waals surface area contributed by atoms with Crippen molar-refractivity contribution in [1.82, 2.24) is 15.8 Å². The molecule has 0 atom stereocenters. The van der Waals surface area contributed by atoms with Gasteiger partial charge in [-0.2, -0.15) is 0 Å². The first-order valence-corrected chi connectivity index (χ1v) is 10.6. The van der Waals surface area contributed by atoms with Crippen LogP contribution in [0, 0.1) is 0 Å². The SMILES string of the molecule is CCOc1ccc(CCNC(=NC)NCc2cc(-c3ccccc3)on2)cc1OCC.I. The first kappa shape index (κ1) is 25.5. The van der Waals surface area contributed by atoms with Crippen molar-refractivity contribution in [2.24, 2.45) is 4.99 Å². The van der Waals surface area contributed by atoms with Gasteiger partial charge in [-0.25, -0.2) is 0 Å². The molecule has 0 aliphatic rings. The number of nitrogens with zero attached hydrogens (tertiary/aromatic N) is 2. The van der Waals surface area contributed by atoms with Crippen molar-refractivity contribution < 1.29 is 14.0 Å². The molecule has 0 unspecified atom stereocenters. The zero-order valence-electron chi connectivity index (χ0n) is 18.8. The minimum Gasteiger partial charge on any atom is -0.490 e. The van der Waals surface area contributed by atoms with Crippen molar-refractivity contribution in [3.8, 4) is 22.8 Å². The Balaban J connectivity index is 0.00000363. The lowest BCUT2D eigenvalue weighted by Gasteiger charge is -2.13. The van der Waals surface area contributed by atoms with Crippen LogP contribution in [0.15, 0.2) is 64.1 Å². The van der Waals surface area contributed by atoms with Crippen LogP contribution in [-0.4, -0.2) is 37.9 Å². The number of halogens is 1. The predicted molar refractivity (Wildman–Crippen MR) is 138 cm³/mol. The van der Waals surface area contributed by atoms with Gasteiger partial charge in [0.2, 0.25) is 0 Å². The molecule has 1 aromatic heterocycles. The second-order valence-electron chi connectivity index (χ2n) is 6.80. The van der Waals surface area contributed by atoms with Crippen molar-refractivity contribution in [3.63, 3.8) is 0 Å². The van der Waals surface area contributed by atoms with Crippen LogP contribution in [0.3, 0.4) is 0 Å². The molecule has 7 nitrogen and oxygen atoms in total. The molecule has 0 bridgehead atoms. The summed E-state index contributed by atoms with van der Waals surface area (Å²) in [5, 5.41) is 10.7. The summed E-state index contributed by atoms with van der Waals surface area (Å²) < 4.78 is 16.8. The number of ether oxygens (including phenoxy) is 2. The van der Waals surface area contributed by atoms with E-state index in [9.17, 15) is 0 Å². The van der Waals surface area contributed by atoms with E-state index in [2.05, 4.69) is 26.8 Å². The number of aliphatic imine (C=N–C) groups is 1. The van der Waals surface area contributed by atoms with Crippen LogP contribution in [-0.2, 0) is 13.0 Å². The number of hydrogen-bond donors (Lipinski definition) is 2. The highest BCUT2D eigenvalue weighted by molar-refractivity contribution is 14.0. The van der Waals surface area contributed by atoms with Crippen molar-refractivity contribution in [1.29, 1.82) is 0 Å². The molecular weight excluding hydrogens is 519 g/mol. The first-order valence-electron chi connectivity index (χ1n) is 10.6. The summed E-state index contributed by atoms with van der Waals surface area (Å²) >= 11 is 0. The van der Waals surface area contributed by atoms with Gasteiger partial charge in [0.15, 0.2) is 23.2 Å². The average molecular weight is 550 g/mol. The molecule has 0 spiro atoms. The summed E-state index contributed by atoms with van der Waals surface area (Å²) in [6, 6.07) is 17.9. The minimum atomic E-state index is 0. The van der Waals surface area contributed by atoms with E-state index >= 15 is 0 Å². The Labute approximate surface area is 206 Å². The van der Waals surface area contributed by atoms with E-state index in [1.165, 1.54) is 5.56 Å². The van der Waals surface area contributed by atoms with E-state index in [0.29, 0.717) is 25.7 Å². The maximum Gasteiger partial charge on any atom is 0.191 e. The van der Waals surface area contributed by atoms with Crippen LogP contribution in [0.4, 0.5) is 0 Å². The molecule has 0 aliphatic heterocycles. The molecule has 0 radical (unpaired) electrons. The Kier molecular flexibility index (Phi) is 10.9. The Morgan fingerprint density at radius 3 is 2.44 bits per heavy atom. The highest BCUT2D eigenvalue weighted by Crippen LogP contribution is 2.28. The molecule has 2 aromatic carbocycles. The van der Waals surface area contributed by atoms with Gasteiger partial charge in [0.05, 0.1) is 19.8 Å². The first-order chi connectivity index (χ1) is 15.2. The Morgan fingerprint density at radius 1 is 0.969 bits per heavy atom. The molecule has 3 aromatic rings. The molecule has 32 heavy (non-hydrogen) atoms. The van der Waals surface area contributed by atoms with Crippen molar-refractivity contribution >= 4 is 29.9 Å². The highest BCUT2D eigenvalue weighted by Gasteiger charge is 2.08. The van der Waals surface area contributed by atoms with Gasteiger partial charge in [-0.15, -0.1) is 24.0 Å². The number of benzene rings is 2. The third-order valence-corrected chi connectivity index (χ3v) is 4.59. The smallest absolute Gasteiger partial charge is 0.191 e. The molecule has 0 aliphatic carbocycles. The monoisotopic (exact) mass is 550 g/mol. The van der Waals surface area contributed by atoms with Crippen LogP contribution in [0.5, 0.6) is 11.5 Å². The van der Waals surface area contributed by atoms with Crippen molar-refractivity contribution in [3.05, 3.63) is 65.9 Å². The minimum absolute atomic E-state index is 0. The summed E-state index contributed by atoms with van der Waals surface area (Å²) in [6.07, 6.45) is 0.829. The maximum absolute atomic E-state index is 5.70. The fraction of sp³-hybridized carbons (Fsp3) is 0.333. The number of guanidine groups is 1. The Hall–Kier alpha value is -2.75. The zero-order chi connectivity index (χ0) is 21.9. The summed E-state index contributed by atoms with van der Waals surface area (Å²) in [6.45, 7) is 6.40. The van der Waals surface area contributed by atoms with Crippen molar-refractivity contribution in [2.75, 3.05) is 26.8 Å². The lowest BCUT2D eigenvalue weighted by Crippen LogP contribution is -2.37. The largest absolute Gasteiger partial charge is 0.490 e. The third-order valence-electron chi connectivity index (χ3n) is 4.59. The third kappa shape index (κ3) is 7.44. The van der Waals surface area contributed by atoms with Gasteiger partial charge in [-0.3, -0.25) is 4.99 Å². The fourth-order valence-electron chi connectivity index (χ4n) is 3.10. The van der Waals surface area contributed by atoms with Crippen LogP contribution in [0.1, 0.15) is 25.1 Å². The van der Waals surface area contributed by atoms with E-state index in [-0.39, 0.29) is 24.0 Å². The van der Waals surface area contributed by atoms with E-state index in [4.69, 9.17) is 14.0 Å². The lowest BCUT2D eigenvalue weighted by molar-refractivity contribution is 0.287. The van der Waals surface area contributed by atoms with E-state index in [0.717, 1.165) is 41.5 Å². The second-order valence-corrected chi connectivity index (χ2v) is 6.80. The van der Waals surface area contributed by atoms with Crippen LogP contribution in [0.2, 0.25) is 0 Å². The quantitative estimate of drug-likeness (QED) is 0.217. The topological polar surface area (TPSA) is 80.9 Å². The van der Waals surface area contributed by atoms with E-state index in [1.807, 2.05) is 62.4 Å². The van der Waals surface area contributed by atoms with Gasteiger partial charge in [0.1, 0.15) is 5.69 Å². The normalized spacial score (nSPS) is 10.9. The molecule has 3 rings (SSSR count). The molecular formula is C24H31IN4O3.